The van der Waals surface area contributed by atoms with E-state index >= 15 is 0 Å². The molecule has 0 bridgehead atoms. The SMILES string of the molecule is COc1cc2c(cc1OC)[C@@H](CNC(=O)NC(C)C)N(Cc1ccc(C)cc1)CC2. The molecule has 1 aliphatic heterocycles. The molecule has 2 N–H and O–H groups in total. The van der Waals surface area contributed by atoms with Crippen LogP contribution >= 0.6 is 0 Å². The monoisotopic (exact) mass is 411 g/mol. The number of amides is 2. The van der Waals surface area contributed by atoms with Crippen molar-refractivity contribution in [3.63, 3.8) is 0 Å². The van der Waals surface area contributed by atoms with Crippen molar-refractivity contribution in [2.45, 2.75) is 45.8 Å². The number of carbonyl (C=O) groups excluding carboxylic acids is 1. The molecule has 0 aromatic heterocycles. The Balaban J connectivity index is 1.88. The van der Waals surface area contributed by atoms with Crippen LogP contribution in [0.4, 0.5) is 4.79 Å². The third-order valence-corrected chi connectivity index (χ3v) is 5.50. The summed E-state index contributed by atoms with van der Waals surface area (Å²) < 4.78 is 11.0. The lowest BCUT2D eigenvalue weighted by atomic mass is 9.91. The number of nitrogens with one attached hydrogen (secondary N) is 2. The first-order chi connectivity index (χ1) is 14.4. The molecule has 30 heavy (non-hydrogen) atoms. The van der Waals surface area contributed by atoms with Crippen molar-refractivity contribution in [1.29, 1.82) is 0 Å². The zero-order chi connectivity index (χ0) is 21.7. The van der Waals surface area contributed by atoms with Gasteiger partial charge in [-0.3, -0.25) is 4.90 Å². The molecule has 6 nitrogen and oxygen atoms in total. The Kier molecular flexibility index (Phi) is 7.21. The van der Waals surface area contributed by atoms with E-state index in [2.05, 4.69) is 58.9 Å². The fourth-order valence-electron chi connectivity index (χ4n) is 3.94. The maximum atomic E-state index is 12.2. The molecule has 2 amide bonds. The van der Waals surface area contributed by atoms with Crippen LogP contribution in [-0.2, 0) is 13.0 Å². The summed E-state index contributed by atoms with van der Waals surface area (Å²) in [5, 5.41) is 5.96. The van der Waals surface area contributed by atoms with E-state index in [0.717, 1.165) is 25.3 Å². The summed E-state index contributed by atoms with van der Waals surface area (Å²) in [5.74, 6) is 1.46. The highest BCUT2D eigenvalue weighted by Crippen LogP contribution is 2.38. The second-order valence-electron chi connectivity index (χ2n) is 8.14. The van der Waals surface area contributed by atoms with E-state index in [1.54, 1.807) is 14.2 Å². The molecule has 2 aromatic rings. The first-order valence-electron chi connectivity index (χ1n) is 10.5. The van der Waals surface area contributed by atoms with Gasteiger partial charge in [-0.05, 0) is 56.0 Å². The van der Waals surface area contributed by atoms with Gasteiger partial charge in [0.1, 0.15) is 0 Å². The summed E-state index contributed by atoms with van der Waals surface area (Å²) in [6.45, 7) is 8.26. The summed E-state index contributed by atoms with van der Waals surface area (Å²) in [4.78, 5) is 14.7. The highest BCUT2D eigenvalue weighted by atomic mass is 16.5. The predicted octanol–water partition coefficient (Wildman–Crippen LogP) is 3.82. The molecule has 0 radical (unpaired) electrons. The van der Waals surface area contributed by atoms with Gasteiger partial charge < -0.3 is 20.1 Å². The van der Waals surface area contributed by atoms with E-state index in [1.807, 2.05) is 13.8 Å². The van der Waals surface area contributed by atoms with Crippen LogP contribution in [0.1, 0.15) is 42.1 Å². The predicted molar refractivity (Wildman–Crippen MR) is 119 cm³/mol. The van der Waals surface area contributed by atoms with Crippen molar-refractivity contribution in [1.82, 2.24) is 15.5 Å². The second kappa shape index (κ2) is 9.85. The number of fused-ring (bicyclic) bond motifs is 1. The van der Waals surface area contributed by atoms with Crippen molar-refractivity contribution in [3.8, 4) is 11.5 Å². The van der Waals surface area contributed by atoms with Gasteiger partial charge >= 0.3 is 6.03 Å². The molecule has 1 aliphatic rings. The molecule has 0 saturated carbocycles. The van der Waals surface area contributed by atoms with Crippen molar-refractivity contribution in [2.24, 2.45) is 0 Å². The summed E-state index contributed by atoms with van der Waals surface area (Å²) in [6.07, 6.45) is 0.927. The number of carbonyl (C=O) groups is 1. The molecule has 0 saturated heterocycles. The first-order valence-corrected chi connectivity index (χ1v) is 10.5. The summed E-state index contributed by atoms with van der Waals surface area (Å²) in [7, 11) is 3.31. The number of methoxy groups -OCH3 is 2. The van der Waals surface area contributed by atoms with Crippen LogP contribution in [0.15, 0.2) is 36.4 Å². The van der Waals surface area contributed by atoms with Gasteiger partial charge in [0.05, 0.1) is 20.3 Å². The van der Waals surface area contributed by atoms with Crippen LogP contribution in [0.2, 0.25) is 0 Å². The average Bonchev–Trinajstić information content (AvgIpc) is 2.72. The molecule has 162 valence electrons. The van der Waals surface area contributed by atoms with Gasteiger partial charge in [0, 0.05) is 25.7 Å². The summed E-state index contributed by atoms with van der Waals surface area (Å²) in [6, 6.07) is 12.8. The minimum absolute atomic E-state index is 0.0489. The van der Waals surface area contributed by atoms with Gasteiger partial charge in [-0.15, -0.1) is 0 Å². The zero-order valence-corrected chi connectivity index (χ0v) is 18.6. The number of benzene rings is 2. The van der Waals surface area contributed by atoms with E-state index in [1.165, 1.54) is 22.3 Å². The van der Waals surface area contributed by atoms with Crippen LogP contribution < -0.4 is 20.1 Å². The topological polar surface area (TPSA) is 62.8 Å². The number of hydrogen-bond acceptors (Lipinski definition) is 4. The van der Waals surface area contributed by atoms with Crippen LogP contribution in [0, 0.1) is 6.92 Å². The van der Waals surface area contributed by atoms with Gasteiger partial charge in [0.15, 0.2) is 11.5 Å². The Morgan fingerprint density at radius 2 is 1.80 bits per heavy atom. The van der Waals surface area contributed by atoms with E-state index in [4.69, 9.17) is 9.47 Å². The lowest BCUT2D eigenvalue weighted by Crippen LogP contribution is -2.45. The first kappa shape index (κ1) is 22.0. The Morgan fingerprint density at radius 1 is 1.13 bits per heavy atom. The number of urea groups is 1. The second-order valence-corrected chi connectivity index (χ2v) is 8.14. The minimum Gasteiger partial charge on any atom is -0.493 e. The van der Waals surface area contributed by atoms with Crippen molar-refractivity contribution in [3.05, 3.63) is 58.7 Å². The van der Waals surface area contributed by atoms with Gasteiger partial charge in [-0.1, -0.05) is 29.8 Å². The van der Waals surface area contributed by atoms with E-state index < -0.39 is 0 Å². The zero-order valence-electron chi connectivity index (χ0n) is 18.6. The molecule has 3 rings (SSSR count). The molecule has 1 atom stereocenters. The Labute approximate surface area is 179 Å². The molecule has 0 spiro atoms. The molecule has 0 aliphatic carbocycles. The number of hydrogen-bond donors (Lipinski definition) is 2. The standard InChI is InChI=1S/C24H33N3O3/c1-16(2)26-24(28)25-14-21-20-13-23(30-5)22(29-4)12-19(20)10-11-27(21)15-18-8-6-17(3)7-9-18/h6-9,12-13,16,21H,10-11,14-15H2,1-5H3,(H2,25,26,28)/t21-/m1/s1. The van der Waals surface area contributed by atoms with Gasteiger partial charge in [0.2, 0.25) is 0 Å². The van der Waals surface area contributed by atoms with E-state index in [0.29, 0.717) is 12.3 Å². The molecule has 0 fully saturated rings. The maximum absolute atomic E-state index is 12.2. The highest BCUT2D eigenvalue weighted by Gasteiger charge is 2.29. The molecule has 6 heteroatoms. The smallest absolute Gasteiger partial charge is 0.315 e. The van der Waals surface area contributed by atoms with Gasteiger partial charge in [0.25, 0.3) is 0 Å². The molecule has 1 heterocycles. The normalized spacial score (nSPS) is 16.1. The van der Waals surface area contributed by atoms with Crippen LogP contribution in [-0.4, -0.2) is 44.3 Å². The largest absolute Gasteiger partial charge is 0.493 e. The van der Waals surface area contributed by atoms with Crippen LogP contribution in [0.5, 0.6) is 11.5 Å². The van der Waals surface area contributed by atoms with Crippen LogP contribution in [0.3, 0.4) is 0 Å². The Bertz CT molecular complexity index is 865. The van der Waals surface area contributed by atoms with Crippen LogP contribution in [0.25, 0.3) is 0 Å². The van der Waals surface area contributed by atoms with E-state index in [-0.39, 0.29) is 18.1 Å². The number of ether oxygens (including phenoxy) is 2. The lowest BCUT2D eigenvalue weighted by Gasteiger charge is -2.38. The number of rotatable bonds is 7. The summed E-state index contributed by atoms with van der Waals surface area (Å²) >= 11 is 0. The van der Waals surface area contributed by atoms with Crippen molar-refractivity contribution < 1.29 is 14.3 Å². The molecule has 2 aromatic carbocycles. The van der Waals surface area contributed by atoms with Gasteiger partial charge in [-0.2, -0.15) is 0 Å². The average molecular weight is 412 g/mol. The number of nitrogens with zero attached hydrogens (tertiary/aromatic N) is 1. The maximum Gasteiger partial charge on any atom is 0.315 e. The lowest BCUT2D eigenvalue weighted by molar-refractivity contribution is 0.170. The fourth-order valence-corrected chi connectivity index (χ4v) is 3.94. The van der Waals surface area contributed by atoms with E-state index in [9.17, 15) is 4.79 Å². The van der Waals surface area contributed by atoms with Crippen molar-refractivity contribution in [2.75, 3.05) is 27.3 Å². The quantitative estimate of drug-likeness (QED) is 0.727. The Morgan fingerprint density at radius 3 is 2.43 bits per heavy atom. The summed E-state index contributed by atoms with van der Waals surface area (Å²) in [5.41, 5.74) is 4.93. The van der Waals surface area contributed by atoms with Crippen molar-refractivity contribution >= 4 is 6.03 Å². The molecular weight excluding hydrogens is 378 g/mol. The molecule has 0 unspecified atom stereocenters. The Hall–Kier alpha value is -2.73. The number of aryl methyl sites for hydroxylation is 1. The molecular formula is C24H33N3O3. The highest BCUT2D eigenvalue weighted by molar-refractivity contribution is 5.74. The fraction of sp³-hybridized carbons (Fsp3) is 0.458. The third kappa shape index (κ3) is 5.25. The van der Waals surface area contributed by atoms with Gasteiger partial charge in [-0.25, -0.2) is 4.79 Å². The minimum atomic E-state index is -0.145. The third-order valence-electron chi connectivity index (χ3n) is 5.50.